The van der Waals surface area contributed by atoms with E-state index in [-0.39, 0.29) is 52.8 Å². The van der Waals surface area contributed by atoms with E-state index in [4.69, 9.17) is 18.6 Å². The van der Waals surface area contributed by atoms with Crippen LogP contribution >= 0.6 is 0 Å². The van der Waals surface area contributed by atoms with Gasteiger partial charge in [0, 0.05) is 0 Å². The molecule has 34 valence electrons. The Kier molecular flexibility index (Phi) is 6.65. The second-order valence-corrected chi connectivity index (χ2v) is 1.19. The number of halogens is 1. The van der Waals surface area contributed by atoms with E-state index in [0.717, 1.165) is 0 Å². The van der Waals surface area contributed by atoms with E-state index in [1.165, 1.54) is 0 Å². The van der Waals surface area contributed by atoms with Crippen molar-refractivity contribution in [3.63, 3.8) is 0 Å². The zero-order valence-corrected chi connectivity index (χ0v) is 6.93. The van der Waals surface area contributed by atoms with Crippen LogP contribution in [0.2, 0.25) is 0 Å². The van der Waals surface area contributed by atoms with Gasteiger partial charge in [0.15, 0.2) is 0 Å². The zero-order valence-electron chi connectivity index (χ0n) is 4.05. The maximum atomic E-state index is 8.60. The van der Waals surface area contributed by atoms with Crippen molar-refractivity contribution >= 4 is 0 Å². The molecule has 1 N–H and O–H groups in total. The van der Waals surface area contributed by atoms with Gasteiger partial charge in [0.05, 0.1) is 14.9 Å². The summed E-state index contributed by atoms with van der Waals surface area (Å²) in [6.07, 6.45) is 0. The number of hydrogen-bond donors (Lipinski definition) is 1. The molecule has 0 radical (unpaired) electrons. The first-order valence-corrected chi connectivity index (χ1v) is 1.90. The van der Waals surface area contributed by atoms with Crippen LogP contribution in [-0.4, -0.2) is 4.66 Å². The minimum atomic E-state index is -4.69. The van der Waals surface area contributed by atoms with Crippen LogP contribution in [0, 0.1) is 10.2 Å². The Morgan fingerprint density at radius 2 is 1.33 bits per heavy atom. The third-order valence-corrected chi connectivity index (χ3v) is 0. The van der Waals surface area contributed by atoms with Crippen LogP contribution in [0.5, 0.6) is 0 Å². The molecule has 6 heteroatoms. The van der Waals surface area contributed by atoms with E-state index >= 15 is 0 Å². The minimum absolute atomic E-state index is 0. The van der Waals surface area contributed by atoms with Crippen molar-refractivity contribution in [2.24, 2.45) is 0 Å². The van der Waals surface area contributed by atoms with Gasteiger partial charge >= 0.3 is 51.4 Å². The van der Waals surface area contributed by atoms with Crippen LogP contribution in [0.25, 0.3) is 0 Å². The average molecular weight is 141 g/mol. The predicted octanol–water partition coefficient (Wildman–Crippen LogP) is -7.01. The molecule has 0 saturated heterocycles. The van der Waals surface area contributed by atoms with Crippen LogP contribution in [0.1, 0.15) is 1.43 Å². The maximum absolute atomic E-state index is 8.60. The summed E-state index contributed by atoms with van der Waals surface area (Å²) < 4.78 is 32.7. The van der Waals surface area contributed by atoms with Gasteiger partial charge in [-0.05, 0) is 0 Å². The molecule has 0 rings (SSSR count). The first-order valence-electron chi connectivity index (χ1n) is 0.632. The molecular formula is H2ClKO4. The van der Waals surface area contributed by atoms with Crippen LogP contribution in [-0.2, 0) is 0 Å². The Morgan fingerprint density at radius 1 is 1.33 bits per heavy atom. The molecule has 4 nitrogen and oxygen atoms in total. The molecule has 0 aromatic rings. The summed E-state index contributed by atoms with van der Waals surface area (Å²) in [6.45, 7) is 0. The first-order chi connectivity index (χ1) is 2.00. The monoisotopic (exact) mass is 140 g/mol. The molecule has 0 amide bonds. The molecule has 0 fully saturated rings. The summed E-state index contributed by atoms with van der Waals surface area (Å²) >= 11 is 0. The Hall–Kier alpha value is 1.77. The Bertz CT molecular complexity index is 27.2. The molecule has 0 aromatic carbocycles. The predicted molar refractivity (Wildman–Crippen MR) is 3.33 cm³/mol. The van der Waals surface area contributed by atoms with E-state index in [9.17, 15) is 0 Å². The van der Waals surface area contributed by atoms with Crippen molar-refractivity contribution in [1.82, 2.24) is 0 Å². The molecule has 0 aliphatic heterocycles. The summed E-state index contributed by atoms with van der Waals surface area (Å²) in [5.41, 5.74) is 0. The van der Waals surface area contributed by atoms with Gasteiger partial charge in [-0.1, -0.05) is 0 Å². The molecule has 0 saturated carbocycles. The molecule has 6 heavy (non-hydrogen) atoms. The van der Waals surface area contributed by atoms with E-state index in [1.54, 1.807) is 0 Å². The van der Waals surface area contributed by atoms with Crippen LogP contribution < -0.4 is 65.4 Å². The van der Waals surface area contributed by atoms with Gasteiger partial charge in [0.2, 0.25) is 0 Å². The van der Waals surface area contributed by atoms with E-state index in [0.29, 0.717) is 0 Å². The van der Waals surface area contributed by atoms with Gasteiger partial charge < -0.3 is 1.43 Å². The summed E-state index contributed by atoms with van der Waals surface area (Å²) in [6, 6.07) is 0. The molecular weight excluding hydrogens is 139 g/mol. The quantitative estimate of drug-likeness (QED) is 0.339. The Morgan fingerprint density at radius 3 is 1.33 bits per heavy atom. The fraction of sp³-hybridized carbons (Fsp3) is 0. The molecule has 0 atom stereocenters. The van der Waals surface area contributed by atoms with E-state index in [2.05, 4.69) is 0 Å². The smallest absolute Gasteiger partial charge is 1.00 e. The Labute approximate surface area is 80.4 Å². The standard InChI is InChI=1S/ClHO4.K.H/c2-1(3,4)5;;/h(H,2,3,4,5);;/q;+1;-1. The second-order valence-electron chi connectivity index (χ2n) is 0.396. The molecule has 0 heterocycles. The maximum Gasteiger partial charge on any atom is 1.00 e. The molecule has 0 spiro atoms. The molecule has 0 unspecified atom stereocenters. The van der Waals surface area contributed by atoms with Gasteiger partial charge in [0.1, 0.15) is 0 Å². The van der Waals surface area contributed by atoms with Crippen molar-refractivity contribution in [3.8, 4) is 0 Å². The topological polar surface area (TPSA) is 89.4 Å². The van der Waals surface area contributed by atoms with Gasteiger partial charge in [-0.25, -0.2) is 0 Å². The molecule has 0 aliphatic rings. The van der Waals surface area contributed by atoms with E-state index < -0.39 is 10.2 Å². The minimum Gasteiger partial charge on any atom is -1.00 e. The van der Waals surface area contributed by atoms with Crippen LogP contribution in [0.15, 0.2) is 0 Å². The number of hydrogen-bond acceptors (Lipinski definition) is 4. The normalized spacial score (nSPS) is 10.0. The third-order valence-electron chi connectivity index (χ3n) is 0. The Balaban J connectivity index is -0.0000000800. The second kappa shape index (κ2) is 3.73. The molecule has 0 bridgehead atoms. The third kappa shape index (κ3) is 42.0. The average Bonchev–Trinajstić information content (AvgIpc) is 0.722. The largest absolute Gasteiger partial charge is 1.00 e. The van der Waals surface area contributed by atoms with Crippen molar-refractivity contribution in [1.29, 1.82) is 0 Å². The summed E-state index contributed by atoms with van der Waals surface area (Å²) in [4.78, 5) is 0. The number of rotatable bonds is 0. The molecule has 0 aromatic heterocycles. The SMILES string of the molecule is [H-].[K+].[O-][Cl+3]([O-])([O-])O. The van der Waals surface area contributed by atoms with Crippen molar-refractivity contribution in [2.45, 2.75) is 0 Å². The van der Waals surface area contributed by atoms with Crippen molar-refractivity contribution in [3.05, 3.63) is 0 Å². The van der Waals surface area contributed by atoms with Crippen molar-refractivity contribution in [2.75, 3.05) is 0 Å². The first kappa shape index (κ1) is 10.7. The van der Waals surface area contributed by atoms with Crippen molar-refractivity contribution < 1.29 is 81.7 Å². The zero-order chi connectivity index (χ0) is 4.50. The van der Waals surface area contributed by atoms with Crippen LogP contribution in [0.3, 0.4) is 0 Å². The fourth-order valence-corrected chi connectivity index (χ4v) is 0. The fourth-order valence-electron chi connectivity index (χ4n) is 0. The summed E-state index contributed by atoms with van der Waals surface area (Å²) in [5.74, 6) is 0. The van der Waals surface area contributed by atoms with Gasteiger partial charge in [0.25, 0.3) is 0 Å². The van der Waals surface area contributed by atoms with Gasteiger partial charge in [-0.2, -0.15) is 14.0 Å². The summed E-state index contributed by atoms with van der Waals surface area (Å²) in [7, 11) is -4.69. The van der Waals surface area contributed by atoms with Gasteiger partial charge in [-0.3, -0.25) is 0 Å². The summed E-state index contributed by atoms with van der Waals surface area (Å²) in [5, 5.41) is 0. The van der Waals surface area contributed by atoms with Gasteiger partial charge in [-0.15, -0.1) is 0 Å². The van der Waals surface area contributed by atoms with E-state index in [1.807, 2.05) is 0 Å². The van der Waals surface area contributed by atoms with Crippen LogP contribution in [0.4, 0.5) is 0 Å². The molecule has 0 aliphatic carbocycles.